The van der Waals surface area contributed by atoms with Gasteiger partial charge in [-0.3, -0.25) is 0 Å². The van der Waals surface area contributed by atoms with Gasteiger partial charge in [-0.05, 0) is 25.1 Å². The van der Waals surface area contributed by atoms with E-state index < -0.39 is 0 Å². The molecule has 5 heteroatoms. The number of nitrogens with one attached hydrogen (secondary N) is 1. The number of H-pyrrole nitrogens is 1. The molecule has 1 aromatic heterocycles. The van der Waals surface area contributed by atoms with Crippen LogP contribution in [0.5, 0.6) is 0 Å². The third kappa shape index (κ3) is 1.93. The van der Waals surface area contributed by atoms with Crippen molar-refractivity contribution in [2.24, 2.45) is 0 Å². The highest BCUT2D eigenvalue weighted by Gasteiger charge is 2.19. The third-order valence-corrected chi connectivity index (χ3v) is 3.03. The van der Waals surface area contributed by atoms with Crippen molar-refractivity contribution < 1.29 is 4.74 Å². The van der Waals surface area contributed by atoms with E-state index in [4.69, 9.17) is 10.5 Å². The number of nitrogen functional groups attached to an aromatic ring is 1. The van der Waals surface area contributed by atoms with E-state index in [2.05, 4.69) is 21.8 Å². The molecule has 1 fully saturated rings. The summed E-state index contributed by atoms with van der Waals surface area (Å²) in [6.45, 7) is 4.57. The molecule has 0 amide bonds. The number of rotatable bonds is 1. The molecule has 0 aliphatic carbocycles. The molecule has 2 aromatic rings. The molecule has 3 rings (SSSR count). The van der Waals surface area contributed by atoms with Gasteiger partial charge in [-0.2, -0.15) is 0 Å². The molecule has 1 aromatic carbocycles. The van der Waals surface area contributed by atoms with Crippen LogP contribution in [0.3, 0.4) is 0 Å². The molecule has 0 radical (unpaired) electrons. The molecule has 1 aliphatic heterocycles. The first-order chi connectivity index (χ1) is 8.22. The number of imidazole rings is 1. The summed E-state index contributed by atoms with van der Waals surface area (Å²) < 4.78 is 5.52. The molecule has 0 bridgehead atoms. The van der Waals surface area contributed by atoms with E-state index >= 15 is 0 Å². The lowest BCUT2D eigenvalue weighted by Gasteiger charge is -2.30. The van der Waals surface area contributed by atoms with Crippen LogP contribution in [-0.4, -0.2) is 35.8 Å². The third-order valence-electron chi connectivity index (χ3n) is 3.03. The van der Waals surface area contributed by atoms with E-state index in [0.717, 1.165) is 42.4 Å². The molecule has 5 nitrogen and oxygen atoms in total. The van der Waals surface area contributed by atoms with Crippen molar-refractivity contribution in [1.82, 2.24) is 9.97 Å². The Morgan fingerprint density at radius 3 is 3.24 bits per heavy atom. The van der Waals surface area contributed by atoms with Gasteiger partial charge in [0.15, 0.2) is 0 Å². The predicted octanol–water partition coefficient (Wildman–Crippen LogP) is 1.37. The molecular formula is C12H16N4O. The number of hydrogen-bond donors (Lipinski definition) is 2. The quantitative estimate of drug-likeness (QED) is 0.729. The van der Waals surface area contributed by atoms with Gasteiger partial charge in [0.2, 0.25) is 5.95 Å². The molecule has 17 heavy (non-hydrogen) atoms. The summed E-state index contributed by atoms with van der Waals surface area (Å²) >= 11 is 0. The maximum absolute atomic E-state index is 5.75. The van der Waals surface area contributed by atoms with Crippen molar-refractivity contribution in [3.8, 4) is 0 Å². The molecular weight excluding hydrogens is 216 g/mol. The van der Waals surface area contributed by atoms with Crippen LogP contribution in [0.4, 0.5) is 11.6 Å². The van der Waals surface area contributed by atoms with Crippen molar-refractivity contribution in [3.63, 3.8) is 0 Å². The Balaban J connectivity index is 1.94. The summed E-state index contributed by atoms with van der Waals surface area (Å²) in [5.74, 6) is 0.903. The molecule has 1 atom stereocenters. The largest absolute Gasteiger partial charge is 0.399 e. The number of ether oxygens (including phenoxy) is 1. The number of fused-ring (bicyclic) bond motifs is 1. The smallest absolute Gasteiger partial charge is 0.204 e. The highest BCUT2D eigenvalue weighted by atomic mass is 16.5. The van der Waals surface area contributed by atoms with Crippen molar-refractivity contribution in [3.05, 3.63) is 18.2 Å². The molecule has 90 valence electrons. The fourth-order valence-electron chi connectivity index (χ4n) is 2.17. The Hall–Kier alpha value is -1.75. The molecule has 3 N–H and O–H groups in total. The maximum atomic E-state index is 5.75. The first-order valence-electron chi connectivity index (χ1n) is 5.84. The first-order valence-corrected chi connectivity index (χ1v) is 5.84. The number of hydrogen-bond acceptors (Lipinski definition) is 4. The predicted molar refractivity (Wildman–Crippen MR) is 68.1 cm³/mol. The number of anilines is 2. The topological polar surface area (TPSA) is 67.2 Å². The van der Waals surface area contributed by atoms with Gasteiger partial charge < -0.3 is 20.4 Å². The fourth-order valence-corrected chi connectivity index (χ4v) is 2.17. The summed E-state index contributed by atoms with van der Waals surface area (Å²) in [5.41, 5.74) is 8.44. The summed E-state index contributed by atoms with van der Waals surface area (Å²) in [6.07, 6.45) is 0.252. The van der Waals surface area contributed by atoms with E-state index in [9.17, 15) is 0 Å². The van der Waals surface area contributed by atoms with Crippen LogP contribution in [0.25, 0.3) is 11.0 Å². The summed E-state index contributed by atoms with van der Waals surface area (Å²) in [7, 11) is 0. The Morgan fingerprint density at radius 2 is 2.41 bits per heavy atom. The molecule has 2 heterocycles. The van der Waals surface area contributed by atoms with Crippen molar-refractivity contribution >= 4 is 22.7 Å². The lowest BCUT2D eigenvalue weighted by molar-refractivity contribution is 0.0527. The molecule has 0 saturated carbocycles. The molecule has 1 aliphatic rings. The monoisotopic (exact) mass is 232 g/mol. The minimum absolute atomic E-state index is 0.252. The standard InChI is InChI=1S/C12H16N4O/c1-8-7-16(4-5-17-8)12-14-10-3-2-9(13)6-11(10)15-12/h2-3,6,8H,4-5,7,13H2,1H3,(H,14,15). The minimum Gasteiger partial charge on any atom is -0.399 e. The zero-order valence-electron chi connectivity index (χ0n) is 9.81. The Morgan fingerprint density at radius 1 is 1.53 bits per heavy atom. The van der Waals surface area contributed by atoms with Crippen LogP contribution in [0.15, 0.2) is 18.2 Å². The SMILES string of the molecule is CC1CN(c2nc3ccc(N)cc3[nH]2)CCO1. The fraction of sp³-hybridized carbons (Fsp3) is 0.417. The maximum Gasteiger partial charge on any atom is 0.204 e. The van der Waals surface area contributed by atoms with Gasteiger partial charge in [-0.25, -0.2) is 4.98 Å². The van der Waals surface area contributed by atoms with E-state index in [1.807, 2.05) is 18.2 Å². The Labute approximate surface area is 99.6 Å². The van der Waals surface area contributed by atoms with Gasteiger partial charge >= 0.3 is 0 Å². The highest BCUT2D eigenvalue weighted by molar-refractivity contribution is 5.80. The number of morpholine rings is 1. The van der Waals surface area contributed by atoms with E-state index in [1.165, 1.54) is 0 Å². The zero-order chi connectivity index (χ0) is 11.8. The van der Waals surface area contributed by atoms with Crippen molar-refractivity contribution in [2.75, 3.05) is 30.3 Å². The average Bonchev–Trinajstić information content (AvgIpc) is 2.72. The number of benzene rings is 1. The van der Waals surface area contributed by atoms with Crippen LogP contribution in [-0.2, 0) is 4.74 Å². The molecule has 1 unspecified atom stereocenters. The van der Waals surface area contributed by atoms with Gasteiger partial charge in [-0.15, -0.1) is 0 Å². The van der Waals surface area contributed by atoms with Crippen LogP contribution < -0.4 is 10.6 Å². The minimum atomic E-state index is 0.252. The zero-order valence-corrected chi connectivity index (χ0v) is 9.81. The van der Waals surface area contributed by atoms with Crippen molar-refractivity contribution in [2.45, 2.75) is 13.0 Å². The van der Waals surface area contributed by atoms with Crippen LogP contribution in [0, 0.1) is 0 Å². The molecule has 0 spiro atoms. The average molecular weight is 232 g/mol. The lowest BCUT2D eigenvalue weighted by Crippen LogP contribution is -2.41. The van der Waals surface area contributed by atoms with Crippen LogP contribution in [0.2, 0.25) is 0 Å². The first kappa shape index (κ1) is 10.4. The number of aromatic nitrogens is 2. The lowest BCUT2D eigenvalue weighted by atomic mass is 10.3. The number of nitrogens with zero attached hydrogens (tertiary/aromatic N) is 2. The van der Waals surface area contributed by atoms with Crippen LogP contribution >= 0.6 is 0 Å². The number of aromatic amines is 1. The van der Waals surface area contributed by atoms with Crippen molar-refractivity contribution in [1.29, 1.82) is 0 Å². The van der Waals surface area contributed by atoms with E-state index in [0.29, 0.717) is 0 Å². The summed E-state index contributed by atoms with van der Waals surface area (Å²) in [5, 5.41) is 0. The number of nitrogens with two attached hydrogens (primary N) is 1. The summed E-state index contributed by atoms with van der Waals surface area (Å²) in [6, 6.07) is 5.72. The van der Waals surface area contributed by atoms with E-state index in [1.54, 1.807) is 0 Å². The van der Waals surface area contributed by atoms with Gasteiger partial charge in [-0.1, -0.05) is 0 Å². The second-order valence-electron chi connectivity index (χ2n) is 4.46. The normalized spacial score (nSPS) is 21.0. The second kappa shape index (κ2) is 3.92. The highest BCUT2D eigenvalue weighted by Crippen LogP contribution is 2.21. The van der Waals surface area contributed by atoms with Gasteiger partial charge in [0.25, 0.3) is 0 Å². The Bertz CT molecular complexity index is 536. The second-order valence-corrected chi connectivity index (χ2v) is 4.46. The van der Waals surface area contributed by atoms with Crippen LogP contribution in [0.1, 0.15) is 6.92 Å². The van der Waals surface area contributed by atoms with Gasteiger partial charge in [0, 0.05) is 18.8 Å². The van der Waals surface area contributed by atoms with Gasteiger partial charge in [0.1, 0.15) is 0 Å². The summed E-state index contributed by atoms with van der Waals surface area (Å²) in [4.78, 5) is 10.1. The van der Waals surface area contributed by atoms with Gasteiger partial charge in [0.05, 0.1) is 23.7 Å². The Kier molecular flexibility index (Phi) is 2.40. The van der Waals surface area contributed by atoms with E-state index in [-0.39, 0.29) is 6.10 Å². The molecule has 1 saturated heterocycles.